The number of thioether (sulfide) groups is 1. The van der Waals surface area contributed by atoms with Crippen molar-refractivity contribution >= 4 is 34.4 Å². The molecule has 8 nitrogen and oxygen atoms in total. The third-order valence-electron chi connectivity index (χ3n) is 4.69. The van der Waals surface area contributed by atoms with E-state index in [0.29, 0.717) is 27.6 Å². The fourth-order valence-corrected chi connectivity index (χ4v) is 3.88. The van der Waals surface area contributed by atoms with Crippen LogP contribution in [0.15, 0.2) is 64.7 Å². The molecule has 1 amide bonds. The van der Waals surface area contributed by atoms with Gasteiger partial charge in [-0.05, 0) is 43.7 Å². The number of rotatable bonds is 6. The van der Waals surface area contributed by atoms with Crippen molar-refractivity contribution in [3.63, 3.8) is 0 Å². The lowest BCUT2D eigenvalue weighted by molar-refractivity contribution is -0.115. The molecule has 0 bridgehead atoms. The summed E-state index contributed by atoms with van der Waals surface area (Å²) >= 11 is 1.16. The number of hydrogen-bond acceptors (Lipinski definition) is 6. The van der Waals surface area contributed by atoms with E-state index < -0.39 is 5.25 Å². The zero-order chi connectivity index (χ0) is 22.0. The van der Waals surface area contributed by atoms with Gasteiger partial charge in [-0.25, -0.2) is 9.67 Å². The van der Waals surface area contributed by atoms with Crippen molar-refractivity contribution in [2.75, 3.05) is 12.4 Å². The van der Waals surface area contributed by atoms with Gasteiger partial charge in [-0.15, -0.1) is 0 Å². The second kappa shape index (κ2) is 8.65. The summed E-state index contributed by atoms with van der Waals surface area (Å²) in [5.41, 5.74) is 2.53. The summed E-state index contributed by atoms with van der Waals surface area (Å²) in [6, 6.07) is 15.0. The van der Waals surface area contributed by atoms with Gasteiger partial charge in [0.15, 0.2) is 10.8 Å². The maximum atomic E-state index is 12.8. The number of anilines is 1. The number of para-hydroxylation sites is 1. The molecular formula is C22H21N5O3S. The minimum Gasteiger partial charge on any atom is -0.495 e. The molecule has 158 valence electrons. The van der Waals surface area contributed by atoms with Crippen molar-refractivity contribution in [1.82, 2.24) is 19.7 Å². The van der Waals surface area contributed by atoms with Crippen LogP contribution in [-0.4, -0.2) is 38.0 Å². The molecule has 31 heavy (non-hydrogen) atoms. The number of amides is 1. The van der Waals surface area contributed by atoms with Gasteiger partial charge in [-0.3, -0.25) is 9.59 Å². The first-order valence-electron chi connectivity index (χ1n) is 9.62. The van der Waals surface area contributed by atoms with E-state index in [1.165, 1.54) is 6.20 Å². The van der Waals surface area contributed by atoms with Crippen LogP contribution in [0, 0.1) is 6.92 Å². The highest BCUT2D eigenvalue weighted by Crippen LogP contribution is 2.27. The standard InChI is InChI=1S/C22H21N5O3S/c1-13-9-10-18(30-3)17(11-13)24-20(28)14(2)31-22-25-19-16(21(29)26-22)12-23-27(19)15-7-5-4-6-8-15/h4-12,14H,1-3H3,(H,24,28)(H,25,26,29). The molecule has 1 atom stereocenters. The Kier molecular flexibility index (Phi) is 5.77. The molecule has 9 heteroatoms. The monoisotopic (exact) mass is 435 g/mol. The van der Waals surface area contributed by atoms with Crippen LogP contribution in [0.25, 0.3) is 16.7 Å². The summed E-state index contributed by atoms with van der Waals surface area (Å²) in [5.74, 6) is 0.351. The molecular weight excluding hydrogens is 414 g/mol. The van der Waals surface area contributed by atoms with Crippen LogP contribution in [0.3, 0.4) is 0 Å². The first-order valence-corrected chi connectivity index (χ1v) is 10.5. The van der Waals surface area contributed by atoms with Gasteiger partial charge < -0.3 is 15.0 Å². The van der Waals surface area contributed by atoms with Gasteiger partial charge in [0.2, 0.25) is 5.91 Å². The Balaban J connectivity index is 1.59. The summed E-state index contributed by atoms with van der Waals surface area (Å²) in [7, 11) is 1.55. The number of nitrogens with zero attached hydrogens (tertiary/aromatic N) is 3. The van der Waals surface area contributed by atoms with Crippen molar-refractivity contribution in [1.29, 1.82) is 0 Å². The number of aromatic nitrogens is 4. The van der Waals surface area contributed by atoms with Crippen LogP contribution in [-0.2, 0) is 4.79 Å². The zero-order valence-corrected chi connectivity index (χ0v) is 18.1. The first-order chi connectivity index (χ1) is 15.0. The van der Waals surface area contributed by atoms with Crippen LogP contribution >= 0.6 is 11.8 Å². The molecule has 2 heterocycles. The average Bonchev–Trinajstić information content (AvgIpc) is 3.19. The Bertz CT molecular complexity index is 1300. The molecule has 0 aliphatic carbocycles. The van der Waals surface area contributed by atoms with Crippen LogP contribution in [0.1, 0.15) is 12.5 Å². The average molecular weight is 436 g/mol. The van der Waals surface area contributed by atoms with E-state index in [1.54, 1.807) is 24.8 Å². The van der Waals surface area contributed by atoms with E-state index in [4.69, 9.17) is 4.74 Å². The quantitative estimate of drug-likeness (QED) is 0.355. The van der Waals surface area contributed by atoms with E-state index in [9.17, 15) is 9.59 Å². The summed E-state index contributed by atoms with van der Waals surface area (Å²) in [6.45, 7) is 3.69. The fraction of sp³-hybridized carbons (Fsp3) is 0.182. The summed E-state index contributed by atoms with van der Waals surface area (Å²) in [6.07, 6.45) is 1.49. The molecule has 0 fully saturated rings. The number of nitrogens with one attached hydrogen (secondary N) is 2. The predicted octanol–water partition coefficient (Wildman–Crippen LogP) is 3.55. The maximum absolute atomic E-state index is 12.8. The number of carbonyl (C=O) groups is 1. The van der Waals surface area contributed by atoms with Crippen LogP contribution in [0.2, 0.25) is 0 Å². The Hall–Kier alpha value is -3.59. The largest absolute Gasteiger partial charge is 0.495 e. The molecule has 0 saturated heterocycles. The Labute approximate surface area is 182 Å². The third kappa shape index (κ3) is 4.31. The van der Waals surface area contributed by atoms with Crippen LogP contribution in [0.4, 0.5) is 5.69 Å². The lowest BCUT2D eigenvalue weighted by Crippen LogP contribution is -2.23. The second-order valence-corrected chi connectivity index (χ2v) is 8.28. The fourth-order valence-electron chi connectivity index (χ4n) is 3.09. The molecule has 0 aliphatic rings. The molecule has 0 spiro atoms. The SMILES string of the molecule is COc1ccc(C)cc1NC(=O)C(C)Sc1nc2c(cnn2-c2ccccc2)c(=O)[nH]1. The Morgan fingerprint density at radius 3 is 2.74 bits per heavy atom. The first kappa shape index (κ1) is 20.7. The van der Waals surface area contributed by atoms with E-state index in [-0.39, 0.29) is 11.5 Å². The lowest BCUT2D eigenvalue weighted by Gasteiger charge is -2.14. The Morgan fingerprint density at radius 1 is 1.23 bits per heavy atom. The van der Waals surface area contributed by atoms with Gasteiger partial charge in [0.05, 0.1) is 29.9 Å². The van der Waals surface area contributed by atoms with E-state index in [2.05, 4.69) is 20.4 Å². The lowest BCUT2D eigenvalue weighted by atomic mass is 10.2. The number of fused-ring (bicyclic) bond motifs is 1. The summed E-state index contributed by atoms with van der Waals surface area (Å²) < 4.78 is 6.93. The van der Waals surface area contributed by atoms with E-state index in [0.717, 1.165) is 23.0 Å². The topological polar surface area (TPSA) is 102 Å². The molecule has 0 radical (unpaired) electrons. The predicted molar refractivity (Wildman–Crippen MR) is 121 cm³/mol. The van der Waals surface area contributed by atoms with Crippen molar-refractivity contribution in [2.45, 2.75) is 24.3 Å². The number of H-pyrrole nitrogens is 1. The van der Waals surface area contributed by atoms with Crippen LogP contribution < -0.4 is 15.6 Å². The van der Waals surface area contributed by atoms with Gasteiger partial charge in [-0.1, -0.05) is 36.0 Å². The molecule has 2 aromatic carbocycles. The van der Waals surface area contributed by atoms with E-state index >= 15 is 0 Å². The van der Waals surface area contributed by atoms with Gasteiger partial charge in [0.1, 0.15) is 11.1 Å². The van der Waals surface area contributed by atoms with Gasteiger partial charge in [0, 0.05) is 0 Å². The number of hydrogen-bond donors (Lipinski definition) is 2. The highest BCUT2D eigenvalue weighted by atomic mass is 32.2. The molecule has 4 aromatic rings. The minimum absolute atomic E-state index is 0.229. The smallest absolute Gasteiger partial charge is 0.262 e. The van der Waals surface area contributed by atoms with Crippen LogP contribution in [0.5, 0.6) is 5.75 Å². The highest BCUT2D eigenvalue weighted by Gasteiger charge is 2.19. The number of ether oxygens (including phenoxy) is 1. The molecule has 0 saturated carbocycles. The normalized spacial score (nSPS) is 12.0. The Morgan fingerprint density at radius 2 is 2.00 bits per heavy atom. The van der Waals surface area contributed by atoms with E-state index in [1.807, 2.05) is 49.4 Å². The van der Waals surface area contributed by atoms with Crippen molar-refractivity contribution < 1.29 is 9.53 Å². The summed E-state index contributed by atoms with van der Waals surface area (Å²) in [4.78, 5) is 32.6. The number of methoxy groups -OCH3 is 1. The van der Waals surface area contributed by atoms with Crippen molar-refractivity contribution in [2.24, 2.45) is 0 Å². The van der Waals surface area contributed by atoms with Crippen molar-refractivity contribution in [3.05, 3.63) is 70.6 Å². The molecule has 2 aromatic heterocycles. The summed E-state index contributed by atoms with van der Waals surface area (Å²) in [5, 5.41) is 7.39. The molecule has 4 rings (SSSR count). The van der Waals surface area contributed by atoms with Gasteiger partial charge in [-0.2, -0.15) is 5.10 Å². The zero-order valence-electron chi connectivity index (χ0n) is 17.2. The van der Waals surface area contributed by atoms with Gasteiger partial charge in [0.25, 0.3) is 5.56 Å². The highest BCUT2D eigenvalue weighted by molar-refractivity contribution is 8.00. The van der Waals surface area contributed by atoms with Gasteiger partial charge >= 0.3 is 0 Å². The second-order valence-electron chi connectivity index (χ2n) is 6.95. The number of carbonyl (C=O) groups excluding carboxylic acids is 1. The minimum atomic E-state index is -0.515. The van der Waals surface area contributed by atoms with Crippen molar-refractivity contribution in [3.8, 4) is 11.4 Å². The number of benzene rings is 2. The maximum Gasteiger partial charge on any atom is 0.262 e. The third-order valence-corrected chi connectivity index (χ3v) is 5.67. The number of aryl methyl sites for hydroxylation is 1. The molecule has 2 N–H and O–H groups in total. The molecule has 0 aliphatic heterocycles. The molecule has 1 unspecified atom stereocenters. The number of aromatic amines is 1.